The molecule has 11 heteroatoms. The van der Waals surface area contributed by atoms with Crippen LogP contribution in [0.5, 0.6) is 0 Å². The summed E-state index contributed by atoms with van der Waals surface area (Å²) in [6.07, 6.45) is -1.95. The van der Waals surface area contributed by atoms with Gasteiger partial charge in [-0.05, 0) is 59.7 Å². The maximum atomic E-state index is 13.8. The van der Waals surface area contributed by atoms with Crippen molar-refractivity contribution in [3.63, 3.8) is 0 Å². The third-order valence-electron chi connectivity index (χ3n) is 10.1. The molecule has 2 aliphatic rings. The Labute approximate surface area is 292 Å². The Hall–Kier alpha value is -4.58. The molecule has 3 N–H and O–H groups in total. The van der Waals surface area contributed by atoms with Crippen LogP contribution >= 0.6 is 11.3 Å². The van der Waals surface area contributed by atoms with Gasteiger partial charge in [0.1, 0.15) is 36.6 Å². The molecule has 2 heterocycles. The van der Waals surface area contributed by atoms with Crippen molar-refractivity contribution in [2.45, 2.75) is 49.7 Å². The van der Waals surface area contributed by atoms with Crippen LogP contribution < -0.4 is 10.6 Å². The highest BCUT2D eigenvalue weighted by Gasteiger charge is 2.49. The van der Waals surface area contributed by atoms with E-state index in [0.29, 0.717) is 68.4 Å². The minimum atomic E-state index is -4.53. The van der Waals surface area contributed by atoms with Crippen LogP contribution in [0.3, 0.4) is 0 Å². The summed E-state index contributed by atoms with van der Waals surface area (Å²) in [5.41, 5.74) is 4.08. The molecule has 0 unspecified atom stereocenters. The summed E-state index contributed by atoms with van der Waals surface area (Å²) in [7, 11) is 0. The normalized spacial score (nSPS) is 19.5. The van der Waals surface area contributed by atoms with Crippen molar-refractivity contribution in [1.82, 2.24) is 15.6 Å². The van der Waals surface area contributed by atoms with Gasteiger partial charge in [0.2, 0.25) is 5.91 Å². The second-order valence-electron chi connectivity index (χ2n) is 13.3. The average molecular weight is 700 g/mol. The lowest BCUT2D eigenvalue weighted by atomic mass is 9.73. The highest BCUT2D eigenvalue weighted by molar-refractivity contribution is 7.21. The lowest BCUT2D eigenvalue weighted by molar-refractivity contribution is -1.10. The number of nitrogens with one attached hydrogen (secondary N) is 2. The number of hydrogen-bond donors (Lipinski definition) is 3. The molecule has 0 atom stereocenters. The summed E-state index contributed by atoms with van der Waals surface area (Å²) < 4.78 is 40.5. The minimum Gasteiger partial charge on any atom is -0.349 e. The molecular formula is C39H38F3N4O3S+. The van der Waals surface area contributed by atoms with Crippen molar-refractivity contribution in [3.05, 3.63) is 114 Å². The number of fused-ring (bicyclic) bond motifs is 4. The Morgan fingerprint density at radius 2 is 1.44 bits per heavy atom. The van der Waals surface area contributed by atoms with Gasteiger partial charge >= 0.3 is 6.18 Å². The number of nitrogens with zero attached hydrogens (tertiary/aromatic N) is 2. The highest BCUT2D eigenvalue weighted by Crippen LogP contribution is 2.51. The monoisotopic (exact) mass is 699 g/mol. The predicted molar refractivity (Wildman–Crippen MR) is 188 cm³/mol. The molecule has 1 saturated heterocycles. The molecule has 258 valence electrons. The zero-order valence-electron chi connectivity index (χ0n) is 27.4. The Morgan fingerprint density at radius 3 is 2.10 bits per heavy atom. The van der Waals surface area contributed by atoms with Crippen LogP contribution in [0.25, 0.3) is 31.9 Å². The zero-order valence-corrected chi connectivity index (χ0v) is 28.2. The number of para-hydroxylation sites is 1. The zero-order chi connectivity index (χ0) is 34.9. The molecule has 2 amide bonds. The molecule has 0 saturated carbocycles. The quantitative estimate of drug-likeness (QED) is 0.102. The van der Waals surface area contributed by atoms with E-state index in [2.05, 4.69) is 10.6 Å². The van der Waals surface area contributed by atoms with Gasteiger partial charge in [0.25, 0.3) is 5.91 Å². The summed E-state index contributed by atoms with van der Waals surface area (Å²) in [4.78, 5) is 32.0. The average Bonchev–Trinajstić information content (AvgIpc) is 3.68. The Kier molecular flexibility index (Phi) is 9.23. The fourth-order valence-electron chi connectivity index (χ4n) is 7.62. The van der Waals surface area contributed by atoms with E-state index in [4.69, 9.17) is 4.98 Å². The van der Waals surface area contributed by atoms with Gasteiger partial charge in [0.05, 0.1) is 10.2 Å². The maximum Gasteiger partial charge on any atom is 0.405 e. The van der Waals surface area contributed by atoms with Crippen LogP contribution in [0.2, 0.25) is 0 Å². The molecular weight excluding hydrogens is 662 g/mol. The number of thiazole rings is 1. The van der Waals surface area contributed by atoms with Crippen molar-refractivity contribution >= 4 is 33.4 Å². The molecule has 0 spiro atoms. The molecule has 1 fully saturated rings. The molecule has 1 aromatic heterocycles. The summed E-state index contributed by atoms with van der Waals surface area (Å²) >= 11 is 1.55. The molecule has 7 nitrogen and oxygen atoms in total. The number of quaternary nitrogens is 1. The smallest absolute Gasteiger partial charge is 0.349 e. The molecule has 1 aliphatic carbocycles. The number of alkyl halides is 3. The lowest BCUT2D eigenvalue weighted by Gasteiger charge is -2.37. The van der Waals surface area contributed by atoms with E-state index in [-0.39, 0.29) is 16.6 Å². The molecule has 7 rings (SSSR count). The summed E-state index contributed by atoms with van der Waals surface area (Å²) in [6.45, 7) is -0.0643. The van der Waals surface area contributed by atoms with E-state index >= 15 is 0 Å². The number of aromatic nitrogens is 1. The number of halogens is 3. The number of likely N-dealkylation sites (tertiary alicyclic amines) is 1. The van der Waals surface area contributed by atoms with Crippen LogP contribution in [0.15, 0.2) is 97.1 Å². The number of hydroxylamine groups is 3. The second kappa shape index (κ2) is 13.6. The largest absolute Gasteiger partial charge is 0.405 e. The maximum absolute atomic E-state index is 13.8. The fourth-order valence-corrected chi connectivity index (χ4v) is 8.62. The van der Waals surface area contributed by atoms with Crippen molar-refractivity contribution in [3.8, 4) is 21.7 Å². The number of carbonyl (C=O) groups is 2. The van der Waals surface area contributed by atoms with E-state index in [1.54, 1.807) is 11.3 Å². The van der Waals surface area contributed by atoms with Crippen molar-refractivity contribution < 1.29 is 32.6 Å². The topological polar surface area (TPSA) is 91.3 Å². The predicted octanol–water partition coefficient (Wildman–Crippen LogP) is 7.88. The number of carbonyl (C=O) groups excluding carboxylic acids is 2. The third-order valence-corrected chi connectivity index (χ3v) is 11.2. The van der Waals surface area contributed by atoms with Crippen molar-refractivity contribution in [2.24, 2.45) is 0 Å². The molecule has 0 radical (unpaired) electrons. The minimum absolute atomic E-state index is 0.101. The fraction of sp³-hybridized carbons (Fsp3) is 0.308. The van der Waals surface area contributed by atoms with Crippen molar-refractivity contribution in [2.75, 3.05) is 26.2 Å². The number of piperidine rings is 1. The van der Waals surface area contributed by atoms with Gasteiger partial charge in [-0.25, -0.2) is 10.2 Å². The first-order chi connectivity index (χ1) is 24.1. The van der Waals surface area contributed by atoms with Gasteiger partial charge in [-0.15, -0.1) is 11.3 Å². The first-order valence-electron chi connectivity index (χ1n) is 17.0. The molecule has 4 aromatic carbocycles. The summed E-state index contributed by atoms with van der Waals surface area (Å²) in [6, 6.07) is 30.1. The van der Waals surface area contributed by atoms with Crippen LogP contribution in [-0.4, -0.2) is 65.0 Å². The van der Waals surface area contributed by atoms with Crippen LogP contribution in [0, 0.1) is 0 Å². The number of unbranched alkanes of at least 4 members (excludes halogenated alkanes) is 1. The number of amides is 2. The number of benzene rings is 4. The SMILES string of the molecule is O=C(NC1CC[N+](O)(CCCCC2(C(=O)NCC(F)(F)F)c3ccccc3-c3ccccc32)CC1)c1ccccc1-c1nc2ccccc2s1. The highest BCUT2D eigenvalue weighted by atomic mass is 32.1. The number of rotatable bonds is 10. The van der Waals surface area contributed by atoms with Gasteiger partial charge < -0.3 is 10.6 Å². The van der Waals surface area contributed by atoms with E-state index in [9.17, 15) is 28.0 Å². The van der Waals surface area contributed by atoms with E-state index < -0.39 is 24.0 Å². The Morgan fingerprint density at radius 1 is 0.840 bits per heavy atom. The molecule has 5 aromatic rings. The molecule has 0 bridgehead atoms. The van der Waals surface area contributed by atoms with Crippen molar-refractivity contribution in [1.29, 1.82) is 0 Å². The van der Waals surface area contributed by atoms with Gasteiger partial charge in [-0.3, -0.25) is 9.59 Å². The number of hydrogen-bond acceptors (Lipinski definition) is 5. The van der Waals surface area contributed by atoms with Gasteiger partial charge in [-0.2, -0.15) is 17.8 Å². The Bertz CT molecular complexity index is 1960. The third kappa shape index (κ3) is 6.65. The van der Waals surface area contributed by atoms with Gasteiger partial charge in [-0.1, -0.05) is 78.9 Å². The van der Waals surface area contributed by atoms with Crippen LogP contribution in [0.1, 0.15) is 53.6 Å². The molecule has 1 aliphatic heterocycles. The van der Waals surface area contributed by atoms with E-state index in [1.165, 1.54) is 0 Å². The second-order valence-corrected chi connectivity index (χ2v) is 14.3. The Balaban J connectivity index is 0.985. The molecule has 50 heavy (non-hydrogen) atoms. The van der Waals surface area contributed by atoms with Gasteiger partial charge in [0.15, 0.2) is 0 Å². The van der Waals surface area contributed by atoms with E-state index in [1.807, 2.05) is 97.1 Å². The standard InChI is InChI=1S/C39H37F3N4O3S/c40-39(41,42)25-43-37(48)38(31-15-5-3-11-27(31)28-12-4-6-16-32(28)38)21-9-10-22-46(49)23-19-26(20-24-46)44-35(47)29-13-1-2-14-30(29)36-45-33-17-7-8-18-34(33)50-36/h1-8,11-18,26,49H,9-10,19-25H2,(H-,43,44,47,48)/p+1. The lowest BCUT2D eigenvalue weighted by Crippen LogP contribution is -2.55. The first-order valence-corrected chi connectivity index (χ1v) is 17.8. The summed E-state index contributed by atoms with van der Waals surface area (Å²) in [5.74, 6) is -0.838. The van der Waals surface area contributed by atoms with Crippen LogP contribution in [-0.2, 0) is 10.2 Å². The van der Waals surface area contributed by atoms with Gasteiger partial charge in [0, 0.05) is 30.0 Å². The summed E-state index contributed by atoms with van der Waals surface area (Å²) in [5, 5.41) is 17.6. The first kappa shape index (κ1) is 33.9. The van der Waals surface area contributed by atoms with Crippen LogP contribution in [0.4, 0.5) is 13.2 Å². The van der Waals surface area contributed by atoms with E-state index in [0.717, 1.165) is 31.9 Å².